The Morgan fingerprint density at radius 1 is 1.31 bits per heavy atom. The molecule has 13 heavy (non-hydrogen) atoms. The monoisotopic (exact) mass is 301 g/mol. The van der Waals surface area contributed by atoms with E-state index < -0.39 is 0 Å². The van der Waals surface area contributed by atoms with Crippen LogP contribution in [0.2, 0.25) is 0 Å². The summed E-state index contributed by atoms with van der Waals surface area (Å²) in [5.41, 5.74) is 1.63. The standard InChI is InChI=1S/C9H5Br2NO/c10-6-1-7-5(4-13)3-12-9(7)8(11)2-6/h1-4,12H. The quantitative estimate of drug-likeness (QED) is 0.804. The number of carbonyl (C=O) groups excluding carboxylic acids is 1. The van der Waals surface area contributed by atoms with Gasteiger partial charge in [-0.25, -0.2) is 0 Å². The Hall–Kier alpha value is -0.610. The van der Waals surface area contributed by atoms with E-state index in [-0.39, 0.29) is 0 Å². The van der Waals surface area contributed by atoms with Crippen LogP contribution in [0.1, 0.15) is 10.4 Å². The highest BCUT2D eigenvalue weighted by atomic mass is 79.9. The number of aldehydes is 1. The molecule has 1 N–H and O–H groups in total. The van der Waals surface area contributed by atoms with Crippen molar-refractivity contribution in [2.75, 3.05) is 0 Å². The lowest BCUT2D eigenvalue weighted by Crippen LogP contribution is -1.76. The first-order chi connectivity index (χ1) is 6.22. The van der Waals surface area contributed by atoms with E-state index in [1.54, 1.807) is 6.20 Å². The van der Waals surface area contributed by atoms with Crippen LogP contribution < -0.4 is 0 Å². The average Bonchev–Trinajstić information content (AvgIpc) is 2.47. The smallest absolute Gasteiger partial charge is 0.152 e. The molecule has 0 unspecified atom stereocenters. The molecule has 0 saturated carbocycles. The van der Waals surface area contributed by atoms with E-state index in [9.17, 15) is 4.79 Å². The van der Waals surface area contributed by atoms with Crippen LogP contribution in [0.3, 0.4) is 0 Å². The molecule has 2 rings (SSSR count). The number of carbonyl (C=O) groups is 1. The molecule has 0 aliphatic carbocycles. The van der Waals surface area contributed by atoms with E-state index in [4.69, 9.17) is 0 Å². The predicted molar refractivity (Wildman–Crippen MR) is 59.1 cm³/mol. The molecule has 0 fully saturated rings. The van der Waals surface area contributed by atoms with Gasteiger partial charge in [-0.1, -0.05) is 15.9 Å². The van der Waals surface area contributed by atoms with Crippen molar-refractivity contribution in [2.45, 2.75) is 0 Å². The van der Waals surface area contributed by atoms with E-state index in [1.165, 1.54) is 0 Å². The Bertz CT molecular complexity index is 476. The maximum Gasteiger partial charge on any atom is 0.152 e. The summed E-state index contributed by atoms with van der Waals surface area (Å²) in [5, 5.41) is 0.927. The molecule has 0 atom stereocenters. The summed E-state index contributed by atoms with van der Waals surface area (Å²) >= 11 is 6.78. The van der Waals surface area contributed by atoms with Crippen LogP contribution in [-0.2, 0) is 0 Å². The number of halogens is 2. The van der Waals surface area contributed by atoms with Crippen molar-refractivity contribution in [1.82, 2.24) is 4.98 Å². The summed E-state index contributed by atoms with van der Waals surface area (Å²) < 4.78 is 1.90. The first-order valence-electron chi connectivity index (χ1n) is 3.63. The van der Waals surface area contributed by atoms with Gasteiger partial charge in [0.15, 0.2) is 6.29 Å². The Kier molecular flexibility index (Phi) is 2.26. The third kappa shape index (κ3) is 1.44. The van der Waals surface area contributed by atoms with Crippen LogP contribution in [0.25, 0.3) is 10.9 Å². The first-order valence-corrected chi connectivity index (χ1v) is 5.22. The maximum absolute atomic E-state index is 10.7. The van der Waals surface area contributed by atoms with Gasteiger partial charge in [0, 0.05) is 26.1 Å². The second-order valence-electron chi connectivity index (χ2n) is 2.67. The molecule has 66 valence electrons. The highest BCUT2D eigenvalue weighted by molar-refractivity contribution is 9.11. The summed E-state index contributed by atoms with van der Waals surface area (Å²) in [5.74, 6) is 0. The molecule has 0 spiro atoms. The molecule has 2 aromatic rings. The first kappa shape index (κ1) is 8.97. The zero-order valence-electron chi connectivity index (χ0n) is 6.47. The van der Waals surface area contributed by atoms with Crippen molar-refractivity contribution in [2.24, 2.45) is 0 Å². The van der Waals surface area contributed by atoms with Crippen LogP contribution in [0.4, 0.5) is 0 Å². The lowest BCUT2D eigenvalue weighted by molar-refractivity contribution is 0.112. The van der Waals surface area contributed by atoms with Crippen molar-refractivity contribution in [3.63, 3.8) is 0 Å². The SMILES string of the molecule is O=Cc1c[nH]c2c(Br)cc(Br)cc12. The van der Waals surface area contributed by atoms with Gasteiger partial charge in [-0.05, 0) is 28.1 Å². The minimum atomic E-state index is 0.678. The van der Waals surface area contributed by atoms with Gasteiger partial charge in [0.05, 0.1) is 5.52 Å². The van der Waals surface area contributed by atoms with Crippen molar-refractivity contribution in [3.05, 3.63) is 32.8 Å². The van der Waals surface area contributed by atoms with Gasteiger partial charge in [0.1, 0.15) is 0 Å². The maximum atomic E-state index is 10.7. The summed E-state index contributed by atoms with van der Waals surface area (Å²) in [6.45, 7) is 0. The lowest BCUT2D eigenvalue weighted by atomic mass is 10.2. The Morgan fingerprint density at radius 3 is 2.77 bits per heavy atom. The number of hydrogen-bond donors (Lipinski definition) is 1. The van der Waals surface area contributed by atoms with Crippen LogP contribution >= 0.6 is 31.9 Å². The molecule has 1 aromatic carbocycles. The Labute approximate surface area is 91.6 Å². The third-order valence-electron chi connectivity index (χ3n) is 1.86. The van der Waals surface area contributed by atoms with Gasteiger partial charge in [-0.2, -0.15) is 0 Å². The fraction of sp³-hybridized carbons (Fsp3) is 0. The number of fused-ring (bicyclic) bond motifs is 1. The number of benzene rings is 1. The van der Waals surface area contributed by atoms with Gasteiger partial charge < -0.3 is 4.98 Å². The molecule has 1 heterocycles. The molecule has 0 aliphatic heterocycles. The normalized spacial score (nSPS) is 10.6. The largest absolute Gasteiger partial charge is 0.360 e. The molecule has 4 heteroatoms. The third-order valence-corrected chi connectivity index (χ3v) is 2.95. The van der Waals surface area contributed by atoms with E-state index >= 15 is 0 Å². The van der Waals surface area contributed by atoms with E-state index in [1.807, 2.05) is 12.1 Å². The minimum Gasteiger partial charge on any atom is -0.360 e. The summed E-state index contributed by atoms with van der Waals surface area (Å²) in [6.07, 6.45) is 2.55. The number of aromatic amines is 1. The molecule has 0 saturated heterocycles. The van der Waals surface area contributed by atoms with Gasteiger partial charge in [0.25, 0.3) is 0 Å². The molecule has 1 aromatic heterocycles. The lowest BCUT2D eigenvalue weighted by Gasteiger charge is -1.96. The second-order valence-corrected chi connectivity index (χ2v) is 4.44. The van der Waals surface area contributed by atoms with Crippen molar-refractivity contribution in [3.8, 4) is 0 Å². The average molecular weight is 303 g/mol. The Balaban J connectivity index is 2.89. The molecule has 0 bridgehead atoms. The van der Waals surface area contributed by atoms with Gasteiger partial charge >= 0.3 is 0 Å². The molecular formula is C9H5Br2NO. The van der Waals surface area contributed by atoms with Crippen LogP contribution in [-0.4, -0.2) is 11.3 Å². The van der Waals surface area contributed by atoms with Gasteiger partial charge in [0.2, 0.25) is 0 Å². The highest BCUT2D eigenvalue weighted by Gasteiger charge is 2.06. The molecule has 0 aliphatic rings. The fourth-order valence-electron chi connectivity index (χ4n) is 1.27. The zero-order valence-corrected chi connectivity index (χ0v) is 9.65. The summed E-state index contributed by atoms with van der Waals surface area (Å²) in [6, 6.07) is 3.85. The second kappa shape index (κ2) is 3.27. The molecule has 0 radical (unpaired) electrons. The number of rotatable bonds is 1. The molecule has 2 nitrogen and oxygen atoms in total. The van der Waals surface area contributed by atoms with Crippen molar-refractivity contribution < 1.29 is 4.79 Å². The topological polar surface area (TPSA) is 32.9 Å². The highest BCUT2D eigenvalue weighted by Crippen LogP contribution is 2.29. The molecular weight excluding hydrogens is 298 g/mol. The summed E-state index contributed by atoms with van der Waals surface area (Å²) in [4.78, 5) is 13.7. The van der Waals surface area contributed by atoms with Gasteiger partial charge in [-0.15, -0.1) is 0 Å². The minimum absolute atomic E-state index is 0.678. The number of aromatic nitrogens is 1. The van der Waals surface area contributed by atoms with E-state index in [0.717, 1.165) is 26.1 Å². The van der Waals surface area contributed by atoms with E-state index in [2.05, 4.69) is 36.8 Å². The number of hydrogen-bond acceptors (Lipinski definition) is 1. The summed E-state index contributed by atoms with van der Waals surface area (Å²) in [7, 11) is 0. The van der Waals surface area contributed by atoms with Crippen LogP contribution in [0, 0.1) is 0 Å². The van der Waals surface area contributed by atoms with Crippen molar-refractivity contribution >= 4 is 49.0 Å². The number of H-pyrrole nitrogens is 1. The zero-order chi connectivity index (χ0) is 9.42. The fourth-order valence-corrected chi connectivity index (χ4v) is 2.61. The van der Waals surface area contributed by atoms with Crippen LogP contribution in [0.5, 0.6) is 0 Å². The molecule has 0 amide bonds. The van der Waals surface area contributed by atoms with Crippen LogP contribution in [0.15, 0.2) is 27.3 Å². The van der Waals surface area contributed by atoms with E-state index in [0.29, 0.717) is 5.56 Å². The predicted octanol–water partition coefficient (Wildman–Crippen LogP) is 3.51. The van der Waals surface area contributed by atoms with Crippen molar-refractivity contribution in [1.29, 1.82) is 0 Å². The van der Waals surface area contributed by atoms with Gasteiger partial charge in [-0.3, -0.25) is 4.79 Å². The number of nitrogens with one attached hydrogen (secondary N) is 1. The Morgan fingerprint density at radius 2 is 2.08 bits per heavy atom.